The maximum Gasteiger partial charge on any atom is 0.325 e. The molecule has 0 aliphatic heterocycles. The van der Waals surface area contributed by atoms with Crippen molar-refractivity contribution < 1.29 is 22.7 Å². The molecule has 4 rings (SSSR count). The quantitative estimate of drug-likeness (QED) is 0.697. The van der Waals surface area contributed by atoms with Crippen LogP contribution < -0.4 is 0 Å². The van der Waals surface area contributed by atoms with E-state index in [2.05, 4.69) is 4.98 Å². The maximum absolute atomic E-state index is 13.6. The average molecular weight is 401 g/mol. The second-order valence-corrected chi connectivity index (χ2v) is 9.77. The van der Waals surface area contributed by atoms with Gasteiger partial charge in [0.15, 0.2) is 14.6 Å². The molecule has 2 aromatic carbocycles. The Balaban J connectivity index is 1.78. The van der Waals surface area contributed by atoms with Gasteiger partial charge < -0.3 is 10.1 Å². The summed E-state index contributed by atoms with van der Waals surface area (Å²) < 4.78 is 38.2. The van der Waals surface area contributed by atoms with Crippen LogP contribution in [0.1, 0.15) is 24.6 Å². The van der Waals surface area contributed by atoms with Crippen LogP contribution in [-0.4, -0.2) is 29.2 Å². The van der Waals surface area contributed by atoms with Crippen molar-refractivity contribution in [1.82, 2.24) is 4.98 Å². The molecule has 0 saturated carbocycles. The second kappa shape index (κ2) is 6.44. The van der Waals surface area contributed by atoms with Crippen molar-refractivity contribution >= 4 is 26.7 Å². The number of H-pyrrole nitrogens is 1. The molecule has 0 saturated heterocycles. The minimum Gasteiger partial charge on any atom is -0.480 e. The molecule has 3 aromatic rings. The Labute approximate surface area is 162 Å². The zero-order valence-corrected chi connectivity index (χ0v) is 16.1. The molecule has 5 nitrogen and oxygen atoms in total. The van der Waals surface area contributed by atoms with Crippen LogP contribution in [0, 0.1) is 11.7 Å². The lowest BCUT2D eigenvalue weighted by molar-refractivity contribution is -0.141. The molecule has 2 unspecified atom stereocenters. The predicted molar refractivity (Wildman–Crippen MR) is 103 cm³/mol. The van der Waals surface area contributed by atoms with E-state index in [1.54, 1.807) is 24.3 Å². The number of aromatic nitrogens is 1. The van der Waals surface area contributed by atoms with Gasteiger partial charge in [-0.15, -0.1) is 0 Å². The smallest absolute Gasteiger partial charge is 0.325 e. The molecule has 7 heteroatoms. The van der Waals surface area contributed by atoms with Gasteiger partial charge in [0.05, 0.1) is 4.90 Å². The zero-order valence-electron chi connectivity index (χ0n) is 15.3. The fourth-order valence-corrected chi connectivity index (χ4v) is 6.10. The van der Waals surface area contributed by atoms with Crippen molar-refractivity contribution in [2.75, 3.05) is 0 Å². The van der Waals surface area contributed by atoms with E-state index in [1.165, 1.54) is 31.2 Å². The Morgan fingerprint density at radius 3 is 2.61 bits per heavy atom. The summed E-state index contributed by atoms with van der Waals surface area (Å²) >= 11 is 0. The molecule has 0 amide bonds. The average Bonchev–Trinajstić information content (AvgIpc) is 3.04. The number of sulfone groups is 1. The predicted octanol–water partition coefficient (Wildman–Crippen LogP) is 3.73. The molecule has 0 spiro atoms. The summed E-state index contributed by atoms with van der Waals surface area (Å²) in [5.74, 6) is -2.30. The molecule has 2 N–H and O–H groups in total. The first kappa shape index (κ1) is 18.7. The normalized spacial score (nSPS) is 19.1. The molecular formula is C21H20FNO4S. The Hall–Kier alpha value is -2.67. The van der Waals surface area contributed by atoms with Gasteiger partial charge in [-0.25, -0.2) is 12.8 Å². The van der Waals surface area contributed by atoms with Crippen LogP contribution in [-0.2, 0) is 27.5 Å². The fraction of sp³-hybridized carbons (Fsp3) is 0.286. The number of aryl methyl sites for hydroxylation is 1. The first-order valence-corrected chi connectivity index (χ1v) is 10.6. The van der Waals surface area contributed by atoms with Crippen molar-refractivity contribution in [3.05, 3.63) is 65.6 Å². The van der Waals surface area contributed by atoms with Crippen LogP contribution in [0.2, 0.25) is 0 Å². The van der Waals surface area contributed by atoms with Crippen LogP contribution in [0.15, 0.2) is 53.4 Å². The monoisotopic (exact) mass is 401 g/mol. The first-order valence-electron chi connectivity index (χ1n) is 9.07. The molecule has 0 radical (unpaired) electrons. The molecule has 1 heterocycles. The van der Waals surface area contributed by atoms with E-state index in [0.717, 1.165) is 22.2 Å². The van der Waals surface area contributed by atoms with E-state index in [0.29, 0.717) is 12.8 Å². The molecule has 28 heavy (non-hydrogen) atoms. The summed E-state index contributed by atoms with van der Waals surface area (Å²) in [6, 6.07) is 12.2. The Morgan fingerprint density at radius 2 is 1.93 bits per heavy atom. The van der Waals surface area contributed by atoms with Gasteiger partial charge in [-0.05, 0) is 68.0 Å². The number of carbonyl (C=O) groups is 1. The zero-order chi connectivity index (χ0) is 20.1. The summed E-state index contributed by atoms with van der Waals surface area (Å²) in [4.78, 5) is 15.5. The summed E-state index contributed by atoms with van der Waals surface area (Å²) in [6.07, 6.45) is 1.17. The number of hydrogen-bond acceptors (Lipinski definition) is 3. The maximum atomic E-state index is 13.6. The summed E-state index contributed by atoms with van der Waals surface area (Å²) in [7, 11) is -4.11. The van der Waals surface area contributed by atoms with Crippen molar-refractivity contribution in [2.45, 2.75) is 35.8 Å². The Kier molecular flexibility index (Phi) is 4.30. The van der Waals surface area contributed by atoms with Crippen LogP contribution in [0.5, 0.6) is 0 Å². The number of carboxylic acid groups (broad SMARTS) is 1. The lowest BCUT2D eigenvalue weighted by atomic mass is 9.79. The summed E-state index contributed by atoms with van der Waals surface area (Å²) in [6.45, 7) is 1.30. The van der Waals surface area contributed by atoms with Crippen LogP contribution in [0.25, 0.3) is 10.9 Å². The second-order valence-electron chi connectivity index (χ2n) is 7.44. The number of carboxylic acids is 1. The van der Waals surface area contributed by atoms with Crippen molar-refractivity contribution in [2.24, 2.45) is 5.92 Å². The third-order valence-electron chi connectivity index (χ3n) is 5.97. The third-order valence-corrected chi connectivity index (χ3v) is 8.48. The number of halogens is 1. The van der Waals surface area contributed by atoms with E-state index in [4.69, 9.17) is 0 Å². The van der Waals surface area contributed by atoms with Crippen molar-refractivity contribution in [3.63, 3.8) is 0 Å². The molecule has 0 bridgehead atoms. The number of nitrogens with one attached hydrogen (secondary N) is 1. The fourth-order valence-electron chi connectivity index (χ4n) is 4.23. The molecule has 146 valence electrons. The number of rotatable bonds is 4. The number of benzene rings is 2. The highest BCUT2D eigenvalue weighted by molar-refractivity contribution is 7.93. The SMILES string of the molecule is CC(C(=O)O)(C1CCc2c([nH]c3ccc(F)cc23)C1)S(=O)(=O)c1ccccc1. The van der Waals surface area contributed by atoms with Gasteiger partial charge in [-0.2, -0.15) is 0 Å². The van der Waals surface area contributed by atoms with Gasteiger partial charge in [0.1, 0.15) is 5.82 Å². The summed E-state index contributed by atoms with van der Waals surface area (Å²) in [5.41, 5.74) is 2.50. The van der Waals surface area contributed by atoms with Gasteiger partial charge >= 0.3 is 5.97 Å². The minimum atomic E-state index is -4.11. The molecule has 2 atom stereocenters. The van der Waals surface area contributed by atoms with E-state index in [-0.39, 0.29) is 17.1 Å². The highest BCUT2D eigenvalue weighted by Crippen LogP contribution is 2.42. The van der Waals surface area contributed by atoms with Gasteiger partial charge in [0.25, 0.3) is 0 Å². The molecule has 1 aliphatic rings. The number of fused-ring (bicyclic) bond motifs is 3. The van der Waals surface area contributed by atoms with Crippen LogP contribution in [0.4, 0.5) is 4.39 Å². The number of aromatic amines is 1. The highest BCUT2D eigenvalue weighted by Gasteiger charge is 2.54. The number of aliphatic carboxylic acids is 1. The van der Waals surface area contributed by atoms with Crippen molar-refractivity contribution in [3.8, 4) is 0 Å². The van der Waals surface area contributed by atoms with Crippen molar-refractivity contribution in [1.29, 1.82) is 0 Å². The molecule has 1 aliphatic carbocycles. The lowest BCUT2D eigenvalue weighted by Crippen LogP contribution is -2.51. The van der Waals surface area contributed by atoms with Crippen LogP contribution >= 0.6 is 0 Å². The minimum absolute atomic E-state index is 0.00409. The summed E-state index contributed by atoms with van der Waals surface area (Å²) in [5, 5.41) is 10.7. The lowest BCUT2D eigenvalue weighted by Gasteiger charge is -2.35. The third kappa shape index (κ3) is 2.64. The topological polar surface area (TPSA) is 87.2 Å². The van der Waals surface area contributed by atoms with Gasteiger partial charge in [0.2, 0.25) is 0 Å². The van der Waals surface area contributed by atoms with Gasteiger partial charge in [-0.1, -0.05) is 18.2 Å². The number of hydrogen-bond donors (Lipinski definition) is 2. The largest absolute Gasteiger partial charge is 0.480 e. The Morgan fingerprint density at radius 1 is 1.21 bits per heavy atom. The van der Waals surface area contributed by atoms with E-state index >= 15 is 0 Å². The first-order chi connectivity index (χ1) is 13.2. The van der Waals surface area contributed by atoms with Gasteiger partial charge in [0, 0.05) is 16.6 Å². The molecule has 0 fully saturated rings. The standard InChI is InChI=1S/C21H20FNO4S/c1-21(20(24)25,28(26,27)15-5-3-2-4-6-15)13-7-9-16-17-12-14(22)8-10-18(17)23-19(16)11-13/h2-6,8,10,12-13,23H,7,9,11H2,1H3,(H,24,25). The highest BCUT2D eigenvalue weighted by atomic mass is 32.2. The molecule has 1 aromatic heterocycles. The Bertz CT molecular complexity index is 1170. The van der Waals surface area contributed by atoms with E-state index in [9.17, 15) is 22.7 Å². The van der Waals surface area contributed by atoms with E-state index < -0.39 is 26.5 Å². The van der Waals surface area contributed by atoms with E-state index in [1.807, 2.05) is 0 Å². The van der Waals surface area contributed by atoms with Gasteiger partial charge in [-0.3, -0.25) is 4.79 Å². The van der Waals surface area contributed by atoms with Crippen LogP contribution in [0.3, 0.4) is 0 Å². The molecular weight excluding hydrogens is 381 g/mol.